The molecule has 0 unspecified atom stereocenters. The molecule has 6 heteroatoms. The van der Waals surface area contributed by atoms with E-state index in [2.05, 4.69) is 12.2 Å². The molecule has 1 heterocycles. The van der Waals surface area contributed by atoms with Crippen molar-refractivity contribution in [1.29, 1.82) is 0 Å². The second kappa shape index (κ2) is 6.85. The molecule has 0 spiro atoms. The normalized spacial score (nSPS) is 18.0. The van der Waals surface area contributed by atoms with Gasteiger partial charge < -0.3 is 5.32 Å². The zero-order chi connectivity index (χ0) is 15.5. The summed E-state index contributed by atoms with van der Waals surface area (Å²) in [5.74, 6) is -0.515. The van der Waals surface area contributed by atoms with Crippen molar-refractivity contribution in [3.63, 3.8) is 0 Å². The van der Waals surface area contributed by atoms with E-state index in [0.717, 1.165) is 31.9 Å². The summed E-state index contributed by atoms with van der Waals surface area (Å²) in [4.78, 5) is 0.0856. The number of hydrogen-bond acceptors (Lipinski definition) is 3. The van der Waals surface area contributed by atoms with Crippen LogP contribution in [0, 0.1) is 12.7 Å². The highest BCUT2D eigenvalue weighted by molar-refractivity contribution is 7.89. The Kier molecular flexibility index (Phi) is 5.35. The van der Waals surface area contributed by atoms with Gasteiger partial charge in [-0.15, -0.1) is 0 Å². The van der Waals surface area contributed by atoms with E-state index in [1.165, 1.54) is 16.4 Å². The smallest absolute Gasteiger partial charge is 0.243 e. The second-order valence-electron chi connectivity index (χ2n) is 5.54. The first-order valence-electron chi connectivity index (χ1n) is 7.45. The summed E-state index contributed by atoms with van der Waals surface area (Å²) in [5.41, 5.74) is 0.586. The first-order valence-corrected chi connectivity index (χ1v) is 8.89. The van der Waals surface area contributed by atoms with Crippen molar-refractivity contribution in [2.24, 2.45) is 0 Å². The van der Waals surface area contributed by atoms with Gasteiger partial charge in [-0.1, -0.05) is 13.0 Å². The Morgan fingerprint density at radius 1 is 1.33 bits per heavy atom. The van der Waals surface area contributed by atoms with Gasteiger partial charge in [-0.25, -0.2) is 12.8 Å². The summed E-state index contributed by atoms with van der Waals surface area (Å²) >= 11 is 0. The Balaban J connectivity index is 2.10. The molecular weight excluding hydrogens is 291 g/mol. The monoisotopic (exact) mass is 314 g/mol. The minimum absolute atomic E-state index is 0.0856. The van der Waals surface area contributed by atoms with E-state index in [1.54, 1.807) is 6.92 Å². The highest BCUT2D eigenvalue weighted by atomic mass is 32.2. The van der Waals surface area contributed by atoms with Crippen LogP contribution in [0.5, 0.6) is 0 Å². The highest BCUT2D eigenvalue weighted by Gasteiger charge is 2.30. The van der Waals surface area contributed by atoms with Crippen LogP contribution in [0.4, 0.5) is 4.39 Å². The van der Waals surface area contributed by atoms with Gasteiger partial charge in [0.25, 0.3) is 0 Å². The fourth-order valence-corrected chi connectivity index (χ4v) is 4.35. The van der Waals surface area contributed by atoms with Crippen molar-refractivity contribution in [3.05, 3.63) is 29.6 Å². The van der Waals surface area contributed by atoms with E-state index in [9.17, 15) is 12.8 Å². The van der Waals surface area contributed by atoms with Crippen molar-refractivity contribution in [2.75, 3.05) is 19.6 Å². The maximum atomic E-state index is 13.4. The molecule has 1 saturated heterocycles. The summed E-state index contributed by atoms with van der Waals surface area (Å²) in [7, 11) is -3.59. The lowest BCUT2D eigenvalue weighted by Crippen LogP contribution is -2.45. The van der Waals surface area contributed by atoms with Crippen LogP contribution in [0.25, 0.3) is 0 Å². The van der Waals surface area contributed by atoms with E-state index in [0.29, 0.717) is 24.7 Å². The number of piperidine rings is 1. The van der Waals surface area contributed by atoms with Crippen LogP contribution in [-0.4, -0.2) is 38.4 Å². The first-order chi connectivity index (χ1) is 9.95. The molecule has 2 rings (SSSR count). The molecule has 21 heavy (non-hydrogen) atoms. The third-order valence-electron chi connectivity index (χ3n) is 3.90. The van der Waals surface area contributed by atoms with E-state index >= 15 is 0 Å². The van der Waals surface area contributed by atoms with Crippen molar-refractivity contribution in [3.8, 4) is 0 Å². The summed E-state index contributed by atoms with van der Waals surface area (Å²) in [5, 5.41) is 3.42. The standard InChI is InChI=1S/C15H23FN2O2S/c1-3-8-17-14-6-9-18(10-7-14)21(19,20)15-11-13(16)5-4-12(15)2/h4-5,11,14,17H,3,6-10H2,1-2H3. The zero-order valence-corrected chi connectivity index (χ0v) is 13.4. The molecule has 1 aromatic carbocycles. The number of aryl methyl sites for hydroxylation is 1. The lowest BCUT2D eigenvalue weighted by atomic mass is 10.1. The fourth-order valence-electron chi connectivity index (χ4n) is 2.64. The summed E-state index contributed by atoms with van der Waals surface area (Å²) in [6, 6.07) is 4.30. The Labute approximate surface area is 126 Å². The van der Waals surface area contributed by atoms with Crippen molar-refractivity contribution < 1.29 is 12.8 Å². The SMILES string of the molecule is CCCNC1CCN(S(=O)(=O)c2cc(F)ccc2C)CC1. The van der Waals surface area contributed by atoms with Crippen molar-refractivity contribution >= 4 is 10.0 Å². The number of sulfonamides is 1. The Morgan fingerprint density at radius 3 is 2.62 bits per heavy atom. The fraction of sp³-hybridized carbons (Fsp3) is 0.600. The van der Waals surface area contributed by atoms with Gasteiger partial charge in [-0.3, -0.25) is 0 Å². The molecule has 4 nitrogen and oxygen atoms in total. The van der Waals surface area contributed by atoms with E-state index in [-0.39, 0.29) is 4.90 Å². The van der Waals surface area contributed by atoms with Gasteiger partial charge in [0.1, 0.15) is 5.82 Å². The van der Waals surface area contributed by atoms with Crippen molar-refractivity contribution in [2.45, 2.75) is 44.0 Å². The van der Waals surface area contributed by atoms with Gasteiger partial charge in [0, 0.05) is 19.1 Å². The summed E-state index contributed by atoms with van der Waals surface area (Å²) < 4.78 is 40.1. The number of nitrogens with zero attached hydrogens (tertiary/aromatic N) is 1. The first kappa shape index (κ1) is 16.4. The van der Waals surface area contributed by atoms with E-state index < -0.39 is 15.8 Å². The van der Waals surface area contributed by atoms with Crippen LogP contribution in [0.15, 0.2) is 23.1 Å². The topological polar surface area (TPSA) is 49.4 Å². The van der Waals surface area contributed by atoms with Crippen LogP contribution < -0.4 is 5.32 Å². The predicted molar refractivity (Wildman–Crippen MR) is 81.2 cm³/mol. The minimum atomic E-state index is -3.59. The lowest BCUT2D eigenvalue weighted by molar-refractivity contribution is 0.290. The van der Waals surface area contributed by atoms with Gasteiger partial charge in [-0.05, 0) is 50.4 Å². The molecule has 1 aromatic rings. The minimum Gasteiger partial charge on any atom is -0.314 e. The largest absolute Gasteiger partial charge is 0.314 e. The number of benzene rings is 1. The molecular formula is C15H23FN2O2S. The van der Waals surface area contributed by atoms with Crippen LogP contribution in [0.3, 0.4) is 0 Å². The molecule has 0 radical (unpaired) electrons. The van der Waals surface area contributed by atoms with Crippen LogP contribution >= 0.6 is 0 Å². The predicted octanol–water partition coefficient (Wildman–Crippen LogP) is 2.29. The van der Waals surface area contributed by atoms with Crippen molar-refractivity contribution in [1.82, 2.24) is 9.62 Å². The lowest BCUT2D eigenvalue weighted by Gasteiger charge is -2.32. The second-order valence-corrected chi connectivity index (χ2v) is 7.45. The molecule has 0 saturated carbocycles. The molecule has 0 atom stereocenters. The van der Waals surface area contributed by atoms with E-state index in [1.807, 2.05) is 0 Å². The van der Waals surface area contributed by atoms with Gasteiger partial charge in [0.2, 0.25) is 10.0 Å². The average Bonchev–Trinajstić information content (AvgIpc) is 2.48. The Bertz CT molecular complexity index is 581. The van der Waals surface area contributed by atoms with Gasteiger partial charge in [-0.2, -0.15) is 4.31 Å². The number of halogens is 1. The number of rotatable bonds is 5. The molecule has 1 fully saturated rings. The van der Waals surface area contributed by atoms with E-state index in [4.69, 9.17) is 0 Å². The molecule has 0 aliphatic carbocycles. The molecule has 1 aliphatic heterocycles. The zero-order valence-electron chi connectivity index (χ0n) is 12.6. The molecule has 0 aromatic heterocycles. The summed E-state index contributed by atoms with van der Waals surface area (Å²) in [6.07, 6.45) is 2.67. The quantitative estimate of drug-likeness (QED) is 0.907. The van der Waals surface area contributed by atoms with Gasteiger partial charge in [0.15, 0.2) is 0 Å². The molecule has 1 N–H and O–H groups in total. The maximum absolute atomic E-state index is 13.4. The Hall–Kier alpha value is -0.980. The summed E-state index contributed by atoms with van der Waals surface area (Å²) in [6.45, 7) is 5.74. The maximum Gasteiger partial charge on any atom is 0.243 e. The molecule has 118 valence electrons. The molecule has 0 amide bonds. The Morgan fingerprint density at radius 2 is 2.00 bits per heavy atom. The number of nitrogens with one attached hydrogen (secondary N) is 1. The highest BCUT2D eigenvalue weighted by Crippen LogP contribution is 2.24. The van der Waals surface area contributed by atoms with Crippen LogP contribution in [0.2, 0.25) is 0 Å². The van der Waals surface area contributed by atoms with Gasteiger partial charge in [0.05, 0.1) is 4.90 Å². The molecule has 1 aliphatic rings. The third-order valence-corrected chi connectivity index (χ3v) is 5.95. The van der Waals surface area contributed by atoms with Gasteiger partial charge >= 0.3 is 0 Å². The molecule has 0 bridgehead atoms. The van der Waals surface area contributed by atoms with Crippen LogP contribution in [0.1, 0.15) is 31.7 Å². The van der Waals surface area contributed by atoms with Crippen LogP contribution in [-0.2, 0) is 10.0 Å². The number of hydrogen-bond donors (Lipinski definition) is 1. The average molecular weight is 314 g/mol. The third kappa shape index (κ3) is 3.81.